The van der Waals surface area contributed by atoms with Crippen molar-refractivity contribution >= 4 is 59.4 Å². The van der Waals surface area contributed by atoms with E-state index in [1.165, 1.54) is 0 Å². The number of hydrogen-bond donors (Lipinski definition) is 1. The number of carbonyl (C=O) groups is 1. The van der Waals surface area contributed by atoms with E-state index in [0.717, 1.165) is 19.0 Å². The fraction of sp³-hybridized carbons (Fsp3) is 0.133. The normalized spacial score (nSPS) is 10.3. The predicted molar refractivity (Wildman–Crippen MR) is 95.2 cm³/mol. The van der Waals surface area contributed by atoms with Crippen molar-refractivity contribution in [3.05, 3.63) is 54.9 Å². The quantitative estimate of drug-likeness (QED) is 0.630. The van der Waals surface area contributed by atoms with E-state index in [-0.39, 0.29) is 5.91 Å². The van der Waals surface area contributed by atoms with Crippen LogP contribution in [0.4, 0.5) is 5.69 Å². The summed E-state index contributed by atoms with van der Waals surface area (Å²) in [6.07, 6.45) is 0. The highest BCUT2D eigenvalue weighted by atomic mass is 79.9. The Labute approximate surface area is 148 Å². The van der Waals surface area contributed by atoms with Gasteiger partial charge in [0.2, 0.25) is 0 Å². The van der Waals surface area contributed by atoms with Crippen molar-refractivity contribution in [3.8, 4) is 5.75 Å². The number of hydrogen-bond acceptors (Lipinski definition) is 2. The third-order valence-electron chi connectivity index (χ3n) is 2.93. The molecule has 0 aromatic heterocycles. The molecule has 0 aliphatic rings. The van der Waals surface area contributed by atoms with Gasteiger partial charge in [0, 0.05) is 15.0 Å². The summed E-state index contributed by atoms with van der Waals surface area (Å²) in [5, 5.41) is 2.88. The highest BCUT2D eigenvalue weighted by Crippen LogP contribution is 2.35. The summed E-state index contributed by atoms with van der Waals surface area (Å²) >= 11 is 10.3. The highest BCUT2D eigenvalue weighted by molar-refractivity contribution is 9.11. The van der Waals surface area contributed by atoms with Gasteiger partial charge in [-0.2, -0.15) is 0 Å². The molecule has 0 fully saturated rings. The number of ether oxygens (including phenoxy) is 1. The molecule has 21 heavy (non-hydrogen) atoms. The maximum atomic E-state index is 12.4. The summed E-state index contributed by atoms with van der Waals surface area (Å²) in [6, 6.07) is 9.16. The molecule has 0 saturated heterocycles. The molecule has 2 aromatic rings. The van der Waals surface area contributed by atoms with Crippen molar-refractivity contribution in [2.75, 3.05) is 12.4 Å². The second kappa shape index (κ2) is 6.94. The molecule has 0 unspecified atom stereocenters. The summed E-state index contributed by atoms with van der Waals surface area (Å²) < 4.78 is 7.62. The minimum atomic E-state index is -0.185. The van der Waals surface area contributed by atoms with Gasteiger partial charge in [0.1, 0.15) is 5.75 Å². The maximum Gasteiger partial charge on any atom is 0.256 e. The van der Waals surface area contributed by atoms with Crippen LogP contribution in [0.5, 0.6) is 5.75 Å². The van der Waals surface area contributed by atoms with Gasteiger partial charge in [-0.05, 0) is 72.4 Å². The molecule has 0 radical (unpaired) electrons. The molecule has 0 spiro atoms. The zero-order chi connectivity index (χ0) is 15.6. The monoisotopic (exact) mass is 475 g/mol. The van der Waals surface area contributed by atoms with Crippen LogP contribution in [-0.2, 0) is 0 Å². The number of methoxy groups -OCH3 is 1. The average molecular weight is 478 g/mol. The third-order valence-corrected chi connectivity index (χ3v) is 5.25. The lowest BCUT2D eigenvalue weighted by molar-refractivity contribution is 0.102. The summed E-state index contributed by atoms with van der Waals surface area (Å²) in [7, 11) is 1.58. The van der Waals surface area contributed by atoms with Crippen molar-refractivity contribution in [3.63, 3.8) is 0 Å². The molecule has 0 aliphatic heterocycles. The molecule has 2 rings (SSSR count). The number of carbonyl (C=O) groups excluding carboxylic acids is 1. The molecular formula is C15H12Br3NO2. The topological polar surface area (TPSA) is 38.3 Å². The molecule has 0 bridgehead atoms. The van der Waals surface area contributed by atoms with Crippen LogP contribution in [0.1, 0.15) is 15.9 Å². The van der Waals surface area contributed by atoms with Crippen molar-refractivity contribution in [1.29, 1.82) is 0 Å². The summed E-state index contributed by atoms with van der Waals surface area (Å²) in [5.41, 5.74) is 2.24. The molecule has 0 aliphatic carbocycles. The lowest BCUT2D eigenvalue weighted by Crippen LogP contribution is -2.13. The summed E-state index contributed by atoms with van der Waals surface area (Å²) in [5.74, 6) is 0.465. The Kier molecular flexibility index (Phi) is 5.46. The van der Waals surface area contributed by atoms with Crippen molar-refractivity contribution in [2.45, 2.75) is 6.92 Å². The number of benzene rings is 2. The molecule has 6 heteroatoms. The lowest BCUT2D eigenvalue weighted by Gasteiger charge is -2.12. The molecule has 0 atom stereocenters. The number of nitrogens with one attached hydrogen (secondary N) is 1. The molecule has 2 aromatic carbocycles. The number of anilines is 1. The van der Waals surface area contributed by atoms with Crippen LogP contribution < -0.4 is 10.1 Å². The van der Waals surface area contributed by atoms with Crippen molar-refractivity contribution in [1.82, 2.24) is 0 Å². The van der Waals surface area contributed by atoms with E-state index in [1.807, 2.05) is 25.1 Å². The first kappa shape index (κ1) is 16.5. The van der Waals surface area contributed by atoms with Gasteiger partial charge in [0.15, 0.2) is 0 Å². The first-order valence-electron chi connectivity index (χ1n) is 6.03. The Morgan fingerprint density at radius 1 is 1.14 bits per heavy atom. The smallest absolute Gasteiger partial charge is 0.256 e. The van der Waals surface area contributed by atoms with E-state index in [1.54, 1.807) is 19.2 Å². The Morgan fingerprint density at radius 3 is 2.52 bits per heavy atom. The zero-order valence-electron chi connectivity index (χ0n) is 11.3. The minimum Gasteiger partial charge on any atom is -0.495 e. The zero-order valence-corrected chi connectivity index (χ0v) is 16.1. The first-order valence-corrected chi connectivity index (χ1v) is 8.41. The van der Waals surface area contributed by atoms with E-state index >= 15 is 0 Å². The second-order valence-corrected chi connectivity index (χ2v) is 6.86. The largest absolute Gasteiger partial charge is 0.495 e. The highest BCUT2D eigenvalue weighted by Gasteiger charge is 2.14. The number of aryl methyl sites for hydroxylation is 1. The van der Waals surface area contributed by atoms with E-state index in [4.69, 9.17) is 4.74 Å². The third kappa shape index (κ3) is 3.67. The summed E-state index contributed by atoms with van der Waals surface area (Å²) in [6.45, 7) is 1.94. The number of amides is 1. The van der Waals surface area contributed by atoms with Crippen LogP contribution in [0.2, 0.25) is 0 Å². The van der Waals surface area contributed by atoms with Crippen LogP contribution in [0.15, 0.2) is 43.7 Å². The fourth-order valence-corrected chi connectivity index (χ4v) is 3.49. The second-order valence-electron chi connectivity index (χ2n) is 4.36. The molecule has 0 heterocycles. The SMILES string of the molecule is COc1cc(NC(=O)c2cccc(C)c2Br)c(Br)cc1Br. The maximum absolute atomic E-state index is 12.4. The van der Waals surface area contributed by atoms with Gasteiger partial charge >= 0.3 is 0 Å². The number of halogens is 3. The first-order chi connectivity index (χ1) is 9.93. The Bertz CT molecular complexity index is 702. The molecule has 1 N–H and O–H groups in total. The average Bonchev–Trinajstić information content (AvgIpc) is 2.44. The van der Waals surface area contributed by atoms with E-state index in [2.05, 4.69) is 53.1 Å². The van der Waals surface area contributed by atoms with Gasteiger partial charge in [-0.1, -0.05) is 12.1 Å². The van der Waals surface area contributed by atoms with Gasteiger partial charge in [-0.3, -0.25) is 4.79 Å². The van der Waals surface area contributed by atoms with Crippen LogP contribution >= 0.6 is 47.8 Å². The van der Waals surface area contributed by atoms with E-state index < -0.39 is 0 Å². The predicted octanol–water partition coefficient (Wildman–Crippen LogP) is 5.54. The van der Waals surface area contributed by atoms with Gasteiger partial charge in [0.25, 0.3) is 5.91 Å². The Balaban J connectivity index is 2.34. The van der Waals surface area contributed by atoms with Gasteiger partial charge in [-0.25, -0.2) is 0 Å². The minimum absolute atomic E-state index is 0.185. The summed E-state index contributed by atoms with van der Waals surface area (Å²) in [4.78, 5) is 12.4. The van der Waals surface area contributed by atoms with Crippen LogP contribution in [0, 0.1) is 6.92 Å². The van der Waals surface area contributed by atoms with E-state index in [0.29, 0.717) is 17.0 Å². The molecule has 3 nitrogen and oxygen atoms in total. The van der Waals surface area contributed by atoms with Gasteiger partial charge < -0.3 is 10.1 Å². The molecular weight excluding hydrogens is 466 g/mol. The van der Waals surface area contributed by atoms with Crippen LogP contribution in [0.3, 0.4) is 0 Å². The fourth-order valence-electron chi connectivity index (χ4n) is 1.79. The standard InChI is InChI=1S/C15H12Br3NO2/c1-8-4-3-5-9(14(8)18)15(20)19-12-7-13(21-2)11(17)6-10(12)16/h3-7H,1-2H3,(H,19,20). The Morgan fingerprint density at radius 2 is 1.86 bits per heavy atom. The van der Waals surface area contributed by atoms with Gasteiger partial charge in [-0.15, -0.1) is 0 Å². The van der Waals surface area contributed by atoms with Crippen molar-refractivity contribution < 1.29 is 9.53 Å². The van der Waals surface area contributed by atoms with E-state index in [9.17, 15) is 4.79 Å². The van der Waals surface area contributed by atoms with Crippen LogP contribution in [-0.4, -0.2) is 13.0 Å². The Hall–Kier alpha value is -0.850. The van der Waals surface area contributed by atoms with Crippen LogP contribution in [0.25, 0.3) is 0 Å². The lowest BCUT2D eigenvalue weighted by atomic mass is 10.1. The van der Waals surface area contributed by atoms with Crippen molar-refractivity contribution in [2.24, 2.45) is 0 Å². The molecule has 0 saturated carbocycles. The molecule has 1 amide bonds. The van der Waals surface area contributed by atoms with Gasteiger partial charge in [0.05, 0.1) is 22.8 Å². The number of rotatable bonds is 3. The molecule has 110 valence electrons.